The van der Waals surface area contributed by atoms with E-state index < -0.39 is 0 Å². The molecule has 0 spiro atoms. The van der Waals surface area contributed by atoms with Crippen molar-refractivity contribution in [1.82, 2.24) is 0 Å². The molecule has 0 aromatic heterocycles. The summed E-state index contributed by atoms with van der Waals surface area (Å²) in [5.74, 6) is 0.0428. The number of hydrogen-bond acceptors (Lipinski definition) is 2. The summed E-state index contributed by atoms with van der Waals surface area (Å²) >= 11 is 0. The largest absolute Gasteiger partial charge is 0.290 e. The van der Waals surface area contributed by atoms with Crippen molar-refractivity contribution in [3.63, 3.8) is 0 Å². The van der Waals surface area contributed by atoms with Crippen LogP contribution in [0.25, 0.3) is 0 Å². The van der Waals surface area contributed by atoms with Gasteiger partial charge in [-0.15, -0.1) is 0 Å². The van der Waals surface area contributed by atoms with Crippen molar-refractivity contribution < 1.29 is 9.59 Å². The van der Waals surface area contributed by atoms with Gasteiger partial charge in [-0.3, -0.25) is 9.59 Å². The van der Waals surface area contributed by atoms with Crippen LogP contribution in [0.4, 0.5) is 0 Å². The average Bonchev–Trinajstić information content (AvgIpc) is 2.02. The second-order valence-corrected chi connectivity index (χ2v) is 4.89. The lowest BCUT2D eigenvalue weighted by Crippen LogP contribution is -2.41. The predicted molar refractivity (Wildman–Crippen MR) is 44.6 cm³/mol. The van der Waals surface area contributed by atoms with Crippen LogP contribution in [0.3, 0.4) is 0 Å². The lowest BCUT2D eigenvalue weighted by Gasteiger charge is -2.44. The van der Waals surface area contributed by atoms with Crippen LogP contribution in [0.5, 0.6) is 0 Å². The third-order valence-electron chi connectivity index (χ3n) is 3.90. The monoisotopic (exact) mass is 166 g/mol. The van der Waals surface area contributed by atoms with Crippen LogP contribution in [-0.2, 0) is 9.59 Å². The van der Waals surface area contributed by atoms with Gasteiger partial charge >= 0.3 is 0 Å². The molecule has 2 atom stereocenters. The molecule has 0 N–H and O–H groups in total. The lowest BCUT2D eigenvalue weighted by atomic mass is 9.58. The number of hydrogen-bond donors (Lipinski definition) is 0. The summed E-state index contributed by atoms with van der Waals surface area (Å²) in [7, 11) is 0. The smallest absolute Gasteiger partial charge is 0.205 e. The Balaban J connectivity index is 2.49. The van der Waals surface area contributed by atoms with E-state index in [4.69, 9.17) is 0 Å². The van der Waals surface area contributed by atoms with Crippen LogP contribution in [0.15, 0.2) is 0 Å². The maximum absolute atomic E-state index is 11.6. The van der Waals surface area contributed by atoms with E-state index in [2.05, 4.69) is 0 Å². The number of ketones is 2. The third kappa shape index (κ3) is 0.584. The minimum Gasteiger partial charge on any atom is -0.290 e. The van der Waals surface area contributed by atoms with Gasteiger partial charge in [0.25, 0.3) is 0 Å². The zero-order valence-electron chi connectivity index (χ0n) is 7.81. The highest BCUT2D eigenvalue weighted by molar-refractivity contribution is 6.43. The summed E-state index contributed by atoms with van der Waals surface area (Å²) in [6, 6.07) is 0. The van der Waals surface area contributed by atoms with Crippen molar-refractivity contribution in [3.8, 4) is 0 Å². The fourth-order valence-electron chi connectivity index (χ4n) is 2.86. The normalized spacial score (nSPS) is 44.1. The average molecular weight is 166 g/mol. The number of rotatable bonds is 0. The van der Waals surface area contributed by atoms with Gasteiger partial charge in [0, 0.05) is 10.8 Å². The summed E-state index contributed by atoms with van der Waals surface area (Å²) in [5.41, 5.74) is -0.676. The van der Waals surface area contributed by atoms with E-state index in [0.717, 1.165) is 12.8 Å². The quantitative estimate of drug-likeness (QED) is 0.512. The summed E-state index contributed by atoms with van der Waals surface area (Å²) in [6.45, 7) is 5.75. The fourth-order valence-corrected chi connectivity index (χ4v) is 2.86. The van der Waals surface area contributed by atoms with Crippen LogP contribution >= 0.6 is 0 Å². The van der Waals surface area contributed by atoms with Gasteiger partial charge in [0.05, 0.1) is 0 Å². The Kier molecular flexibility index (Phi) is 1.20. The number of carbonyl (C=O) groups is 2. The molecule has 2 aliphatic carbocycles. The third-order valence-corrected chi connectivity index (χ3v) is 3.90. The van der Waals surface area contributed by atoms with Crippen molar-refractivity contribution in [1.29, 1.82) is 0 Å². The minimum atomic E-state index is -0.385. The molecule has 12 heavy (non-hydrogen) atoms. The minimum absolute atomic E-state index is 0.122. The zero-order chi connectivity index (χ0) is 9.15. The van der Waals surface area contributed by atoms with Gasteiger partial charge in [-0.05, 0) is 18.8 Å². The van der Waals surface area contributed by atoms with Gasteiger partial charge in [-0.2, -0.15) is 0 Å². The number of Topliss-reactive ketones (excluding diaryl/α,β-unsaturated/α-hetero) is 2. The van der Waals surface area contributed by atoms with E-state index in [-0.39, 0.29) is 22.4 Å². The molecule has 0 aromatic rings. The molecule has 2 heteroatoms. The van der Waals surface area contributed by atoms with Gasteiger partial charge in [0.1, 0.15) is 0 Å². The molecule has 2 fully saturated rings. The van der Waals surface area contributed by atoms with Crippen molar-refractivity contribution in [2.75, 3.05) is 0 Å². The zero-order valence-corrected chi connectivity index (χ0v) is 7.81. The molecule has 2 unspecified atom stereocenters. The van der Waals surface area contributed by atoms with Gasteiger partial charge < -0.3 is 0 Å². The van der Waals surface area contributed by atoms with E-state index in [1.165, 1.54) is 0 Å². The van der Waals surface area contributed by atoms with Gasteiger partial charge in [0.15, 0.2) is 0 Å². The van der Waals surface area contributed by atoms with E-state index in [1.54, 1.807) is 0 Å². The van der Waals surface area contributed by atoms with Gasteiger partial charge in [-0.1, -0.05) is 20.8 Å². The summed E-state index contributed by atoms with van der Waals surface area (Å²) in [6.07, 6.45) is 1.95. The molecule has 66 valence electrons. The Morgan fingerprint density at radius 2 is 1.75 bits per heavy atom. The predicted octanol–water partition coefficient (Wildman–Crippen LogP) is 1.58. The standard InChI is InChI=1S/C10H14O2/c1-9(2)6-4-5-10(6,3)8(12)7(9)11/h6H,4-5H2,1-3H3. The second kappa shape index (κ2) is 1.81. The van der Waals surface area contributed by atoms with Crippen molar-refractivity contribution in [2.45, 2.75) is 33.6 Å². The Hall–Kier alpha value is -0.660. The second-order valence-electron chi connectivity index (χ2n) is 4.89. The van der Waals surface area contributed by atoms with E-state index in [9.17, 15) is 9.59 Å². The SMILES string of the molecule is CC1(C)C(=O)C(=O)C2(C)CCC12. The molecular weight excluding hydrogens is 152 g/mol. The number of fused-ring (bicyclic) bond motifs is 1. The molecule has 0 aromatic carbocycles. The van der Waals surface area contributed by atoms with E-state index in [0.29, 0.717) is 5.92 Å². The molecule has 0 amide bonds. The molecule has 0 heterocycles. The first-order chi connectivity index (χ1) is 5.40. The van der Waals surface area contributed by atoms with Crippen LogP contribution < -0.4 is 0 Å². The topological polar surface area (TPSA) is 34.1 Å². The molecule has 0 saturated heterocycles. The summed E-state index contributed by atoms with van der Waals surface area (Å²) < 4.78 is 0. The van der Waals surface area contributed by atoms with Gasteiger partial charge in [0.2, 0.25) is 11.6 Å². The van der Waals surface area contributed by atoms with Crippen molar-refractivity contribution in [2.24, 2.45) is 16.7 Å². The van der Waals surface area contributed by atoms with Crippen molar-refractivity contribution >= 4 is 11.6 Å². The highest BCUT2D eigenvalue weighted by Crippen LogP contribution is 2.61. The van der Waals surface area contributed by atoms with Crippen LogP contribution in [0.1, 0.15) is 33.6 Å². The van der Waals surface area contributed by atoms with Crippen LogP contribution in [0.2, 0.25) is 0 Å². The molecule has 2 saturated carbocycles. The first-order valence-corrected chi connectivity index (χ1v) is 4.50. The van der Waals surface area contributed by atoms with Crippen LogP contribution in [-0.4, -0.2) is 11.6 Å². The summed E-state index contributed by atoms with van der Waals surface area (Å²) in [4.78, 5) is 23.1. The fraction of sp³-hybridized carbons (Fsp3) is 0.800. The highest BCUT2D eigenvalue weighted by Gasteiger charge is 2.65. The lowest BCUT2D eigenvalue weighted by molar-refractivity contribution is -0.141. The Morgan fingerprint density at radius 1 is 1.17 bits per heavy atom. The highest BCUT2D eigenvalue weighted by atomic mass is 16.2. The molecule has 2 nitrogen and oxygen atoms in total. The van der Waals surface area contributed by atoms with Crippen molar-refractivity contribution in [3.05, 3.63) is 0 Å². The first-order valence-electron chi connectivity index (χ1n) is 4.50. The van der Waals surface area contributed by atoms with Crippen LogP contribution in [0, 0.1) is 16.7 Å². The van der Waals surface area contributed by atoms with E-state index in [1.807, 2.05) is 20.8 Å². The number of carbonyl (C=O) groups excluding carboxylic acids is 2. The molecule has 2 rings (SSSR count). The maximum Gasteiger partial charge on any atom is 0.205 e. The summed E-state index contributed by atoms with van der Waals surface area (Å²) in [5, 5.41) is 0. The maximum atomic E-state index is 11.6. The first kappa shape index (κ1) is 7.96. The molecule has 0 bridgehead atoms. The molecule has 0 radical (unpaired) electrons. The Bertz CT molecular complexity index is 256. The molecule has 2 aliphatic rings. The van der Waals surface area contributed by atoms with E-state index >= 15 is 0 Å². The Morgan fingerprint density at radius 3 is 1.92 bits per heavy atom. The molecular formula is C10H14O2. The van der Waals surface area contributed by atoms with Gasteiger partial charge in [-0.25, -0.2) is 0 Å². The molecule has 0 aliphatic heterocycles. The Labute approximate surface area is 72.3 Å².